The highest BCUT2D eigenvalue weighted by atomic mass is 32.2. The lowest BCUT2D eigenvalue weighted by atomic mass is 10.2. The minimum Gasteiger partial charge on any atom is -0.384 e. The Labute approximate surface area is 129 Å². The minimum absolute atomic E-state index is 0.200. The van der Waals surface area contributed by atoms with Crippen molar-refractivity contribution in [2.45, 2.75) is 17.6 Å². The van der Waals surface area contributed by atoms with Crippen molar-refractivity contribution in [1.29, 1.82) is 0 Å². The van der Waals surface area contributed by atoms with Crippen LogP contribution in [0, 0.1) is 5.82 Å². The number of nitrogens with two attached hydrogens (primary N) is 1. The standard InChI is InChI=1S/C13H11F4N3O2S/c14-11-3-2-9(5-10(11)13(15,16)17)23(21,22)20-7-8-1-4-12(18)19-6-8/h1-6,20H,7H2,(H2,18,19). The molecule has 124 valence electrons. The lowest BCUT2D eigenvalue weighted by Crippen LogP contribution is -2.24. The van der Waals surface area contributed by atoms with E-state index in [-0.39, 0.29) is 18.4 Å². The van der Waals surface area contributed by atoms with Crippen molar-refractivity contribution in [3.8, 4) is 0 Å². The van der Waals surface area contributed by atoms with Crippen LogP contribution in [0.25, 0.3) is 0 Å². The predicted octanol–water partition coefficient (Wildman–Crippen LogP) is 2.30. The molecule has 0 aliphatic rings. The molecule has 0 unspecified atom stereocenters. The number of alkyl halides is 3. The Bertz CT molecular complexity index is 805. The van der Waals surface area contributed by atoms with Gasteiger partial charge in [-0.1, -0.05) is 6.07 Å². The fourth-order valence-corrected chi connectivity index (χ4v) is 2.73. The fourth-order valence-electron chi connectivity index (χ4n) is 1.69. The Morgan fingerprint density at radius 2 is 1.87 bits per heavy atom. The number of hydrogen-bond donors (Lipinski definition) is 2. The number of halogens is 4. The number of aromatic nitrogens is 1. The van der Waals surface area contributed by atoms with E-state index in [1.165, 1.54) is 18.3 Å². The van der Waals surface area contributed by atoms with E-state index in [1.807, 2.05) is 0 Å². The summed E-state index contributed by atoms with van der Waals surface area (Å²) in [5, 5.41) is 0. The molecule has 0 aliphatic carbocycles. The van der Waals surface area contributed by atoms with Crippen LogP contribution < -0.4 is 10.5 Å². The Morgan fingerprint density at radius 1 is 1.17 bits per heavy atom. The van der Waals surface area contributed by atoms with Gasteiger partial charge >= 0.3 is 6.18 Å². The average molecular weight is 349 g/mol. The van der Waals surface area contributed by atoms with E-state index < -0.39 is 32.5 Å². The topological polar surface area (TPSA) is 85.1 Å². The summed E-state index contributed by atoms with van der Waals surface area (Å²) in [7, 11) is -4.24. The van der Waals surface area contributed by atoms with Gasteiger partial charge in [-0.25, -0.2) is 22.5 Å². The Balaban J connectivity index is 2.24. The first-order valence-corrected chi connectivity index (χ1v) is 7.65. The first-order chi connectivity index (χ1) is 10.6. The minimum atomic E-state index is -4.99. The molecule has 2 aromatic rings. The third-order valence-corrected chi connectivity index (χ3v) is 4.27. The zero-order valence-electron chi connectivity index (χ0n) is 11.4. The Morgan fingerprint density at radius 3 is 2.43 bits per heavy atom. The molecule has 0 bridgehead atoms. The lowest BCUT2D eigenvalue weighted by Gasteiger charge is -2.11. The van der Waals surface area contributed by atoms with Crippen molar-refractivity contribution in [1.82, 2.24) is 9.71 Å². The van der Waals surface area contributed by atoms with Gasteiger partial charge in [-0.2, -0.15) is 13.2 Å². The third-order valence-electron chi connectivity index (χ3n) is 2.87. The van der Waals surface area contributed by atoms with E-state index in [1.54, 1.807) is 0 Å². The zero-order valence-corrected chi connectivity index (χ0v) is 12.2. The van der Waals surface area contributed by atoms with Crippen LogP contribution in [0.1, 0.15) is 11.1 Å². The van der Waals surface area contributed by atoms with Crippen molar-refractivity contribution in [2.75, 3.05) is 5.73 Å². The lowest BCUT2D eigenvalue weighted by molar-refractivity contribution is -0.140. The molecule has 2 rings (SSSR count). The van der Waals surface area contributed by atoms with Crippen LogP contribution >= 0.6 is 0 Å². The van der Waals surface area contributed by atoms with Crippen molar-refractivity contribution in [3.63, 3.8) is 0 Å². The number of nitrogens with zero attached hydrogens (tertiary/aromatic N) is 1. The summed E-state index contributed by atoms with van der Waals surface area (Å²) >= 11 is 0. The van der Waals surface area contributed by atoms with Gasteiger partial charge in [-0.15, -0.1) is 0 Å². The molecule has 5 nitrogen and oxygen atoms in total. The SMILES string of the molecule is Nc1ccc(CNS(=O)(=O)c2ccc(F)c(C(F)(F)F)c2)cn1. The zero-order chi connectivity index (χ0) is 17.3. The first kappa shape index (κ1) is 17.2. The summed E-state index contributed by atoms with van der Waals surface area (Å²) in [6, 6.07) is 4.43. The Kier molecular flexibility index (Phi) is 4.57. The Hall–Kier alpha value is -2.20. The van der Waals surface area contributed by atoms with Crippen molar-refractivity contribution in [2.24, 2.45) is 0 Å². The fraction of sp³-hybridized carbons (Fsp3) is 0.154. The maximum absolute atomic E-state index is 13.2. The number of rotatable bonds is 4. The molecule has 1 aromatic heterocycles. The van der Waals surface area contributed by atoms with E-state index in [0.717, 1.165) is 6.07 Å². The molecule has 0 amide bonds. The normalized spacial score (nSPS) is 12.3. The van der Waals surface area contributed by atoms with E-state index in [4.69, 9.17) is 5.73 Å². The second-order valence-corrected chi connectivity index (χ2v) is 6.32. The number of anilines is 1. The van der Waals surface area contributed by atoms with Gasteiger partial charge in [0.15, 0.2) is 0 Å². The summed E-state index contributed by atoms with van der Waals surface area (Å²) < 4.78 is 77.2. The quantitative estimate of drug-likeness (QED) is 0.830. The second-order valence-electron chi connectivity index (χ2n) is 4.56. The summed E-state index contributed by atoms with van der Waals surface area (Å²) in [5.41, 5.74) is 4.19. The molecule has 23 heavy (non-hydrogen) atoms. The molecule has 0 spiro atoms. The first-order valence-electron chi connectivity index (χ1n) is 6.16. The predicted molar refractivity (Wildman–Crippen MR) is 74.1 cm³/mol. The van der Waals surface area contributed by atoms with Crippen LogP contribution in [0.15, 0.2) is 41.4 Å². The molecule has 0 radical (unpaired) electrons. The molecule has 0 aliphatic heterocycles. The number of benzene rings is 1. The van der Waals surface area contributed by atoms with Crippen molar-refractivity contribution >= 4 is 15.8 Å². The number of sulfonamides is 1. The van der Waals surface area contributed by atoms with Gasteiger partial charge in [-0.05, 0) is 29.8 Å². The molecule has 3 N–H and O–H groups in total. The van der Waals surface area contributed by atoms with E-state index in [9.17, 15) is 26.0 Å². The van der Waals surface area contributed by atoms with E-state index in [0.29, 0.717) is 11.6 Å². The highest BCUT2D eigenvalue weighted by Crippen LogP contribution is 2.32. The van der Waals surface area contributed by atoms with Gasteiger partial charge in [0.05, 0.1) is 10.5 Å². The number of nitrogen functional groups attached to an aromatic ring is 1. The van der Waals surface area contributed by atoms with Crippen LogP contribution in [0.2, 0.25) is 0 Å². The maximum Gasteiger partial charge on any atom is 0.419 e. The monoisotopic (exact) mass is 349 g/mol. The van der Waals surface area contributed by atoms with Crippen LogP contribution in [0.4, 0.5) is 23.4 Å². The van der Waals surface area contributed by atoms with Crippen LogP contribution in [-0.4, -0.2) is 13.4 Å². The third kappa shape index (κ3) is 4.17. The molecule has 0 fully saturated rings. The summed E-state index contributed by atoms with van der Waals surface area (Å²) in [4.78, 5) is 3.07. The van der Waals surface area contributed by atoms with Gasteiger partial charge < -0.3 is 5.73 Å². The van der Waals surface area contributed by atoms with Crippen LogP contribution in [0.3, 0.4) is 0 Å². The number of nitrogens with one attached hydrogen (secondary N) is 1. The molecule has 0 saturated carbocycles. The van der Waals surface area contributed by atoms with Gasteiger partial charge in [0, 0.05) is 12.7 Å². The highest BCUT2D eigenvalue weighted by Gasteiger charge is 2.35. The summed E-state index contributed by atoms with van der Waals surface area (Å²) in [6.07, 6.45) is -3.67. The summed E-state index contributed by atoms with van der Waals surface area (Å²) in [6.45, 7) is -0.200. The van der Waals surface area contributed by atoms with E-state index in [2.05, 4.69) is 9.71 Å². The largest absolute Gasteiger partial charge is 0.419 e. The molecule has 10 heteroatoms. The summed E-state index contributed by atoms with van der Waals surface area (Å²) in [5.74, 6) is -1.30. The van der Waals surface area contributed by atoms with Crippen LogP contribution in [-0.2, 0) is 22.7 Å². The number of hydrogen-bond acceptors (Lipinski definition) is 4. The highest BCUT2D eigenvalue weighted by molar-refractivity contribution is 7.89. The second kappa shape index (κ2) is 6.13. The van der Waals surface area contributed by atoms with Crippen molar-refractivity contribution < 1.29 is 26.0 Å². The van der Waals surface area contributed by atoms with Crippen molar-refractivity contribution in [3.05, 3.63) is 53.5 Å². The van der Waals surface area contributed by atoms with Gasteiger partial charge in [0.2, 0.25) is 10.0 Å². The average Bonchev–Trinajstić information content (AvgIpc) is 2.46. The molecular formula is C13H11F4N3O2S. The number of pyridine rings is 1. The molecule has 1 aromatic carbocycles. The molecule has 1 heterocycles. The maximum atomic E-state index is 13.2. The molecule has 0 saturated heterocycles. The van der Waals surface area contributed by atoms with Gasteiger partial charge in [0.25, 0.3) is 0 Å². The van der Waals surface area contributed by atoms with Gasteiger partial charge in [0.1, 0.15) is 11.6 Å². The smallest absolute Gasteiger partial charge is 0.384 e. The van der Waals surface area contributed by atoms with Crippen LogP contribution in [0.5, 0.6) is 0 Å². The molecule has 0 atom stereocenters. The van der Waals surface area contributed by atoms with E-state index >= 15 is 0 Å². The molecular weight excluding hydrogens is 338 g/mol. The van der Waals surface area contributed by atoms with Gasteiger partial charge in [-0.3, -0.25) is 0 Å².